The molecular weight excluding hydrogens is 582 g/mol. The Bertz CT molecular complexity index is 1170. The van der Waals surface area contributed by atoms with E-state index in [9.17, 15) is 34.2 Å². The van der Waals surface area contributed by atoms with Gasteiger partial charge in [-0.05, 0) is 88.6 Å². The number of carboxylic acid groups (broad SMARTS) is 1. The van der Waals surface area contributed by atoms with Crippen LogP contribution < -0.4 is 27.8 Å². The highest BCUT2D eigenvalue weighted by atomic mass is 16.4. The van der Waals surface area contributed by atoms with Gasteiger partial charge in [0.1, 0.15) is 29.9 Å². The van der Waals surface area contributed by atoms with E-state index in [1.807, 2.05) is 0 Å². The summed E-state index contributed by atoms with van der Waals surface area (Å²) in [5.41, 5.74) is 17.9. The van der Waals surface area contributed by atoms with Gasteiger partial charge in [0, 0.05) is 19.5 Å². The number of carbonyl (C=O) groups is 5. The summed E-state index contributed by atoms with van der Waals surface area (Å²) in [6, 6.07) is 1.59. The molecule has 4 amide bonds. The van der Waals surface area contributed by atoms with Gasteiger partial charge < -0.3 is 47.8 Å². The zero-order valence-electron chi connectivity index (χ0n) is 25.9. The van der Waals surface area contributed by atoms with Gasteiger partial charge in [-0.25, -0.2) is 4.79 Å². The third-order valence-electron chi connectivity index (χ3n) is 8.52. The van der Waals surface area contributed by atoms with Crippen LogP contribution in [0.5, 0.6) is 5.75 Å². The second-order valence-electron chi connectivity index (χ2n) is 11.9. The minimum absolute atomic E-state index is 0.0456. The molecule has 0 unspecified atom stereocenters. The first-order valence-corrected chi connectivity index (χ1v) is 16.0. The van der Waals surface area contributed by atoms with Crippen molar-refractivity contribution in [1.82, 2.24) is 20.4 Å². The molecule has 3 rings (SSSR count). The van der Waals surface area contributed by atoms with Gasteiger partial charge in [-0.1, -0.05) is 18.6 Å². The number of amides is 4. The molecule has 0 spiro atoms. The van der Waals surface area contributed by atoms with Crippen molar-refractivity contribution in [3.63, 3.8) is 0 Å². The number of hydrogen-bond donors (Lipinski definition) is 7. The fourth-order valence-electron chi connectivity index (χ4n) is 6.01. The molecular formula is C31H49N7O7. The monoisotopic (exact) mass is 631 g/mol. The molecule has 0 bridgehead atoms. The summed E-state index contributed by atoms with van der Waals surface area (Å²) in [4.78, 5) is 68.7. The van der Waals surface area contributed by atoms with Crippen molar-refractivity contribution in [3.8, 4) is 5.75 Å². The molecule has 1 aromatic rings. The number of nitrogens with two attached hydrogens (primary N) is 3. The smallest absolute Gasteiger partial charge is 0.326 e. The maximum absolute atomic E-state index is 14.0. The minimum atomic E-state index is -1.16. The second-order valence-corrected chi connectivity index (χ2v) is 11.9. The number of unbranched alkanes of at least 4 members (excludes halogenated alkanes) is 2. The highest BCUT2D eigenvalue weighted by Gasteiger charge is 2.41. The van der Waals surface area contributed by atoms with Gasteiger partial charge in [-0.2, -0.15) is 0 Å². The molecule has 14 heteroatoms. The van der Waals surface area contributed by atoms with E-state index in [2.05, 4.69) is 10.6 Å². The van der Waals surface area contributed by atoms with Crippen LogP contribution >= 0.6 is 0 Å². The van der Waals surface area contributed by atoms with Crippen LogP contribution in [0.1, 0.15) is 69.8 Å². The zero-order valence-corrected chi connectivity index (χ0v) is 25.9. The molecule has 5 atom stereocenters. The van der Waals surface area contributed by atoms with Crippen molar-refractivity contribution in [3.05, 3.63) is 29.8 Å². The topological polar surface area (TPSA) is 234 Å². The standard InChI is InChI=1S/C31H49N7O7/c32-15-3-1-7-22(34)29(42)37-17-5-9-25(37)28(41)36-24(19-20-11-13-21(39)14-12-20)30(43)38-18-6-10-26(38)27(40)35-23(31(44)45)8-2-4-16-33/h11-14,22-26,39H,1-10,15-19,32-34H2,(H,35,40)(H,36,41)(H,44,45)/t22-,23-,24-,25-,26-/m0/s1. The van der Waals surface area contributed by atoms with Gasteiger partial charge in [0.05, 0.1) is 6.04 Å². The van der Waals surface area contributed by atoms with E-state index in [1.165, 1.54) is 21.9 Å². The van der Waals surface area contributed by atoms with Gasteiger partial charge in [0.15, 0.2) is 0 Å². The lowest BCUT2D eigenvalue weighted by molar-refractivity contribution is -0.145. The van der Waals surface area contributed by atoms with E-state index in [1.54, 1.807) is 12.1 Å². The summed E-state index contributed by atoms with van der Waals surface area (Å²) in [6.45, 7) is 1.55. The predicted molar refractivity (Wildman–Crippen MR) is 167 cm³/mol. The Morgan fingerprint density at radius 3 is 1.82 bits per heavy atom. The van der Waals surface area contributed by atoms with Gasteiger partial charge >= 0.3 is 5.97 Å². The van der Waals surface area contributed by atoms with E-state index in [0.29, 0.717) is 76.6 Å². The molecule has 0 aromatic heterocycles. The van der Waals surface area contributed by atoms with Gasteiger partial charge in [0.25, 0.3) is 0 Å². The maximum Gasteiger partial charge on any atom is 0.326 e. The number of phenols is 1. The molecule has 1 aromatic carbocycles. The molecule has 0 saturated carbocycles. The number of benzene rings is 1. The summed E-state index contributed by atoms with van der Waals surface area (Å²) in [6.07, 6.45) is 5.24. The SMILES string of the molecule is NCCCC[C@H](NC(=O)[C@@H]1CCCN1C(=O)[C@H](Cc1ccc(O)cc1)NC(=O)[C@@H]1CCCN1C(=O)[C@@H](N)CCCCN)C(=O)O. The Morgan fingerprint density at radius 1 is 0.778 bits per heavy atom. The minimum Gasteiger partial charge on any atom is -0.508 e. The summed E-state index contributed by atoms with van der Waals surface area (Å²) in [5.74, 6) is -2.97. The number of hydrogen-bond acceptors (Lipinski definition) is 9. The van der Waals surface area contributed by atoms with Crippen molar-refractivity contribution in [2.45, 2.75) is 101 Å². The van der Waals surface area contributed by atoms with Crippen molar-refractivity contribution in [2.24, 2.45) is 17.2 Å². The lowest BCUT2D eigenvalue weighted by atomic mass is 10.0. The number of carboxylic acids is 1. The van der Waals surface area contributed by atoms with Crippen LogP contribution in [-0.2, 0) is 30.4 Å². The molecule has 2 fully saturated rings. The highest BCUT2D eigenvalue weighted by molar-refractivity contribution is 5.96. The highest BCUT2D eigenvalue weighted by Crippen LogP contribution is 2.23. The largest absolute Gasteiger partial charge is 0.508 e. The normalized spacial score (nSPS) is 20.0. The summed E-state index contributed by atoms with van der Waals surface area (Å²) >= 11 is 0. The third kappa shape index (κ3) is 10.1. The molecule has 0 radical (unpaired) electrons. The number of carbonyl (C=O) groups excluding carboxylic acids is 4. The van der Waals surface area contributed by atoms with E-state index in [4.69, 9.17) is 17.2 Å². The Balaban J connectivity index is 1.77. The Morgan fingerprint density at radius 2 is 1.29 bits per heavy atom. The maximum atomic E-state index is 14.0. The molecule has 14 nitrogen and oxygen atoms in total. The zero-order chi connectivity index (χ0) is 32.9. The number of nitrogens with one attached hydrogen (secondary N) is 2. The fraction of sp³-hybridized carbons (Fsp3) is 0.645. The van der Waals surface area contributed by atoms with Gasteiger partial charge in [-0.15, -0.1) is 0 Å². The third-order valence-corrected chi connectivity index (χ3v) is 8.52. The molecule has 45 heavy (non-hydrogen) atoms. The number of aromatic hydroxyl groups is 1. The molecule has 250 valence electrons. The number of rotatable bonds is 17. The first kappa shape index (κ1) is 35.7. The average Bonchev–Trinajstić information content (AvgIpc) is 3.71. The first-order valence-electron chi connectivity index (χ1n) is 16.0. The lowest BCUT2D eigenvalue weighted by Gasteiger charge is -2.31. The predicted octanol–water partition coefficient (Wildman–Crippen LogP) is -0.444. The summed E-state index contributed by atoms with van der Waals surface area (Å²) in [5, 5.41) is 24.8. The molecule has 2 saturated heterocycles. The lowest BCUT2D eigenvalue weighted by Crippen LogP contribution is -2.58. The Kier molecular flexibility index (Phi) is 14.0. The summed E-state index contributed by atoms with van der Waals surface area (Å²) in [7, 11) is 0. The fourth-order valence-corrected chi connectivity index (χ4v) is 6.01. The Hall–Kier alpha value is -3.75. The molecule has 2 heterocycles. The molecule has 0 aliphatic carbocycles. The van der Waals surface area contributed by atoms with Crippen LogP contribution in [0.4, 0.5) is 0 Å². The van der Waals surface area contributed by atoms with Crippen LogP contribution in [-0.4, -0.2) is 106 Å². The second kappa shape index (κ2) is 17.7. The van der Waals surface area contributed by atoms with E-state index < -0.39 is 53.9 Å². The number of likely N-dealkylation sites (tertiary alicyclic amines) is 2. The number of phenolic OH excluding ortho intramolecular Hbond substituents is 1. The number of aliphatic carboxylic acids is 1. The molecule has 10 N–H and O–H groups in total. The van der Waals surface area contributed by atoms with E-state index in [-0.39, 0.29) is 31.0 Å². The average molecular weight is 632 g/mol. The van der Waals surface area contributed by atoms with Crippen LogP contribution in [0.25, 0.3) is 0 Å². The van der Waals surface area contributed by atoms with Crippen LogP contribution in [0.3, 0.4) is 0 Å². The molecule has 2 aliphatic heterocycles. The van der Waals surface area contributed by atoms with Crippen molar-refractivity contribution in [2.75, 3.05) is 26.2 Å². The van der Waals surface area contributed by atoms with Crippen molar-refractivity contribution in [1.29, 1.82) is 0 Å². The van der Waals surface area contributed by atoms with E-state index >= 15 is 0 Å². The summed E-state index contributed by atoms with van der Waals surface area (Å²) < 4.78 is 0. The van der Waals surface area contributed by atoms with E-state index in [0.717, 1.165) is 6.42 Å². The van der Waals surface area contributed by atoms with Gasteiger partial charge in [0.2, 0.25) is 23.6 Å². The number of nitrogens with zero attached hydrogens (tertiary/aromatic N) is 2. The van der Waals surface area contributed by atoms with Crippen LogP contribution in [0.15, 0.2) is 24.3 Å². The quantitative estimate of drug-likeness (QED) is 0.109. The van der Waals surface area contributed by atoms with Crippen molar-refractivity contribution >= 4 is 29.6 Å². The van der Waals surface area contributed by atoms with Crippen LogP contribution in [0.2, 0.25) is 0 Å². The Labute approximate surface area is 264 Å². The van der Waals surface area contributed by atoms with Crippen LogP contribution in [0, 0.1) is 0 Å². The van der Waals surface area contributed by atoms with Crippen molar-refractivity contribution < 1.29 is 34.2 Å². The van der Waals surface area contributed by atoms with Gasteiger partial charge in [-0.3, -0.25) is 19.2 Å². The molecule has 2 aliphatic rings. The first-order chi connectivity index (χ1) is 21.6.